The van der Waals surface area contributed by atoms with Gasteiger partial charge in [0.05, 0.1) is 11.2 Å². The van der Waals surface area contributed by atoms with E-state index in [1.54, 1.807) is 14.2 Å². The first-order valence-corrected chi connectivity index (χ1v) is 16.2. The molecule has 0 radical (unpaired) electrons. The molecule has 244 valence electrons. The smallest absolute Gasteiger partial charge is 0.0657 e. The molecule has 2 nitrogen and oxygen atoms in total. The summed E-state index contributed by atoms with van der Waals surface area (Å²) < 4.78 is 11.0. The molecule has 0 aliphatic rings. The van der Waals surface area contributed by atoms with Gasteiger partial charge in [-0.05, 0) is 108 Å². The maximum Gasteiger partial charge on any atom is 0.0657 e. The van der Waals surface area contributed by atoms with E-state index >= 15 is 0 Å². The van der Waals surface area contributed by atoms with E-state index in [1.165, 1.54) is 33.4 Å². The average Bonchev–Trinajstić information content (AvgIpc) is 2.95. The number of rotatable bonds is 20. The maximum atomic E-state index is 5.50. The first-order chi connectivity index (χ1) is 20.7. The summed E-state index contributed by atoms with van der Waals surface area (Å²) >= 11 is 0. The Labute approximate surface area is 272 Å². The van der Waals surface area contributed by atoms with Crippen LogP contribution in [0.15, 0.2) is 131 Å². The van der Waals surface area contributed by atoms with Gasteiger partial charge in [0, 0.05) is 14.2 Å². The molecule has 0 saturated carbocycles. The Morgan fingerprint density at radius 2 is 0.977 bits per heavy atom. The van der Waals surface area contributed by atoms with E-state index in [-0.39, 0.29) is 11.2 Å². The number of allylic oxidation sites excluding steroid dienone is 21. The number of hydrogen-bond acceptors (Lipinski definition) is 2. The summed E-state index contributed by atoms with van der Waals surface area (Å²) in [6, 6.07) is 0. The lowest BCUT2D eigenvalue weighted by molar-refractivity contribution is 0.0140. The molecule has 0 spiro atoms. The summed E-state index contributed by atoms with van der Waals surface area (Å²) in [5.41, 5.74) is 7.61. The summed E-state index contributed by atoms with van der Waals surface area (Å²) in [5.74, 6) is 0. The minimum atomic E-state index is -0.104. The maximum absolute atomic E-state index is 5.50. The van der Waals surface area contributed by atoms with E-state index in [0.717, 1.165) is 38.5 Å². The van der Waals surface area contributed by atoms with Crippen molar-refractivity contribution < 1.29 is 9.47 Å². The molecule has 0 rings (SSSR count). The fourth-order valence-electron chi connectivity index (χ4n) is 3.93. The van der Waals surface area contributed by atoms with Crippen molar-refractivity contribution in [3.63, 3.8) is 0 Å². The second kappa shape index (κ2) is 23.4. The minimum Gasteiger partial charge on any atom is -0.379 e. The molecule has 0 aliphatic carbocycles. The third kappa shape index (κ3) is 24.5. The van der Waals surface area contributed by atoms with Gasteiger partial charge in [-0.1, -0.05) is 131 Å². The van der Waals surface area contributed by atoms with Gasteiger partial charge in [-0.3, -0.25) is 0 Å². The van der Waals surface area contributed by atoms with Crippen LogP contribution in [-0.2, 0) is 9.47 Å². The van der Waals surface area contributed by atoms with E-state index in [0.29, 0.717) is 0 Å². The Balaban J connectivity index is 4.64. The van der Waals surface area contributed by atoms with Crippen LogP contribution in [0, 0.1) is 0 Å². The fourth-order valence-corrected chi connectivity index (χ4v) is 3.93. The average molecular weight is 601 g/mol. The van der Waals surface area contributed by atoms with Crippen LogP contribution >= 0.6 is 0 Å². The molecule has 0 aromatic rings. The molecule has 0 heterocycles. The zero-order valence-corrected chi connectivity index (χ0v) is 30.3. The van der Waals surface area contributed by atoms with E-state index in [2.05, 4.69) is 166 Å². The van der Waals surface area contributed by atoms with Crippen molar-refractivity contribution in [3.05, 3.63) is 131 Å². The van der Waals surface area contributed by atoms with Crippen molar-refractivity contribution in [1.82, 2.24) is 0 Å². The predicted molar refractivity (Wildman–Crippen MR) is 198 cm³/mol. The number of methoxy groups -OCH3 is 2. The highest BCUT2D eigenvalue weighted by Gasteiger charge is 2.15. The molecule has 0 N–H and O–H groups in total. The lowest BCUT2D eigenvalue weighted by Gasteiger charge is -2.22. The molecular formula is C42H64O2. The van der Waals surface area contributed by atoms with Crippen LogP contribution in [-0.4, -0.2) is 25.4 Å². The van der Waals surface area contributed by atoms with Crippen molar-refractivity contribution in [2.24, 2.45) is 0 Å². The molecule has 0 aromatic carbocycles. The third-order valence-corrected chi connectivity index (χ3v) is 7.48. The molecule has 44 heavy (non-hydrogen) atoms. The Bertz CT molecular complexity index is 1160. The van der Waals surface area contributed by atoms with E-state index in [1.807, 2.05) is 0 Å². The van der Waals surface area contributed by atoms with Crippen LogP contribution in [0.25, 0.3) is 0 Å². The van der Waals surface area contributed by atoms with E-state index in [9.17, 15) is 0 Å². The molecule has 0 bridgehead atoms. The SMILES string of the molecule is COC(C)(C)C/C=C\C(C)=C\CC/C(C)=C/C=C/C(C)=C/C=C/C=C(C)/C=C/C=C(C)/C=C/C=C(\C)CCCC(C)(C)OC. The Kier molecular flexibility index (Phi) is 21.9. The van der Waals surface area contributed by atoms with Gasteiger partial charge in [0.15, 0.2) is 0 Å². The van der Waals surface area contributed by atoms with Gasteiger partial charge in [-0.2, -0.15) is 0 Å². The Hall–Kier alpha value is -2.94. The molecule has 0 fully saturated rings. The molecule has 0 aliphatic heterocycles. The highest BCUT2D eigenvalue weighted by Crippen LogP contribution is 2.19. The second-order valence-electron chi connectivity index (χ2n) is 13.1. The molecule has 0 atom stereocenters. The van der Waals surface area contributed by atoms with Crippen LogP contribution in [0.5, 0.6) is 0 Å². The first-order valence-electron chi connectivity index (χ1n) is 16.2. The molecule has 0 saturated heterocycles. The lowest BCUT2D eigenvalue weighted by Crippen LogP contribution is -2.21. The van der Waals surface area contributed by atoms with Gasteiger partial charge in [0.1, 0.15) is 0 Å². The summed E-state index contributed by atoms with van der Waals surface area (Å²) in [6.07, 6.45) is 40.9. The van der Waals surface area contributed by atoms with Crippen molar-refractivity contribution >= 4 is 0 Å². The predicted octanol–water partition coefficient (Wildman–Crippen LogP) is 12.6. The highest BCUT2D eigenvalue weighted by atomic mass is 16.5. The first kappa shape index (κ1) is 41.1. The van der Waals surface area contributed by atoms with Crippen LogP contribution in [0.1, 0.15) is 108 Å². The van der Waals surface area contributed by atoms with Gasteiger partial charge in [-0.25, -0.2) is 0 Å². The molecule has 0 unspecified atom stereocenters. The van der Waals surface area contributed by atoms with E-state index in [4.69, 9.17) is 9.47 Å². The Morgan fingerprint density at radius 1 is 0.523 bits per heavy atom. The fraction of sp³-hybridized carbons (Fsp3) is 0.476. The summed E-state index contributed by atoms with van der Waals surface area (Å²) in [6.45, 7) is 21.4. The zero-order valence-electron chi connectivity index (χ0n) is 30.3. The summed E-state index contributed by atoms with van der Waals surface area (Å²) in [4.78, 5) is 0. The van der Waals surface area contributed by atoms with Crippen molar-refractivity contribution in [1.29, 1.82) is 0 Å². The van der Waals surface area contributed by atoms with Gasteiger partial charge < -0.3 is 9.47 Å². The van der Waals surface area contributed by atoms with Crippen molar-refractivity contribution in [3.8, 4) is 0 Å². The lowest BCUT2D eigenvalue weighted by atomic mass is 9.99. The second-order valence-corrected chi connectivity index (χ2v) is 13.1. The van der Waals surface area contributed by atoms with Crippen molar-refractivity contribution in [2.75, 3.05) is 14.2 Å². The van der Waals surface area contributed by atoms with Gasteiger partial charge in [0.25, 0.3) is 0 Å². The Morgan fingerprint density at radius 3 is 1.48 bits per heavy atom. The quantitative estimate of drug-likeness (QED) is 0.129. The molecule has 0 aromatic heterocycles. The van der Waals surface area contributed by atoms with Crippen LogP contribution in [0.4, 0.5) is 0 Å². The van der Waals surface area contributed by atoms with Crippen LogP contribution < -0.4 is 0 Å². The van der Waals surface area contributed by atoms with Crippen LogP contribution in [0.3, 0.4) is 0 Å². The van der Waals surface area contributed by atoms with E-state index < -0.39 is 0 Å². The number of ether oxygens (including phenoxy) is 2. The number of hydrogen-bond donors (Lipinski definition) is 0. The zero-order chi connectivity index (χ0) is 33.4. The third-order valence-electron chi connectivity index (χ3n) is 7.48. The minimum absolute atomic E-state index is 0.0346. The topological polar surface area (TPSA) is 18.5 Å². The monoisotopic (exact) mass is 600 g/mol. The van der Waals surface area contributed by atoms with Gasteiger partial charge in [0.2, 0.25) is 0 Å². The molecular weight excluding hydrogens is 536 g/mol. The van der Waals surface area contributed by atoms with Crippen LogP contribution in [0.2, 0.25) is 0 Å². The van der Waals surface area contributed by atoms with Gasteiger partial charge in [-0.15, -0.1) is 0 Å². The van der Waals surface area contributed by atoms with Crippen molar-refractivity contribution in [2.45, 2.75) is 119 Å². The summed E-state index contributed by atoms with van der Waals surface area (Å²) in [7, 11) is 3.55. The molecule has 2 heteroatoms. The normalized spacial score (nSPS) is 15.9. The highest BCUT2D eigenvalue weighted by molar-refractivity contribution is 5.31. The summed E-state index contributed by atoms with van der Waals surface area (Å²) in [5, 5.41) is 0. The molecule has 0 amide bonds. The van der Waals surface area contributed by atoms with Gasteiger partial charge >= 0.3 is 0 Å². The largest absolute Gasteiger partial charge is 0.379 e. The standard InChI is InChI=1S/C42H64O2/c1-35(23-15-25-37(3)27-17-29-39(5)31-19-33-41(7,8)43-11)21-13-14-22-36(2)24-16-26-38(4)28-18-30-40(6)32-20-34-42(9,10)44-12/h13-17,20-27,29-30,32H,18-19,28,31,33-34H2,1-12H3/b14-13+,23-15+,24-16+,27-17+,32-20-,35-21+,36-22+,37-25+,38-26+,39-29+,40-30+.